The molecule has 1 heteroatoms. The third-order valence-corrected chi connectivity index (χ3v) is 11.1. The van der Waals surface area contributed by atoms with Crippen molar-refractivity contribution >= 4 is 7.26 Å². The van der Waals surface area contributed by atoms with Gasteiger partial charge in [0.2, 0.25) is 0 Å². The maximum Gasteiger partial charge on any atom is 0.0842 e. The zero-order chi connectivity index (χ0) is 20.3. The first-order chi connectivity index (χ1) is 13.8. The van der Waals surface area contributed by atoms with Gasteiger partial charge < -0.3 is 0 Å². The summed E-state index contributed by atoms with van der Waals surface area (Å²) in [5, 5.41) is 0. The minimum Gasteiger partial charge on any atom is -0.0654 e. The topological polar surface area (TPSA) is 0 Å². The summed E-state index contributed by atoms with van der Waals surface area (Å²) in [6, 6.07) is 11.4. The predicted octanol–water partition coefficient (Wildman–Crippen LogP) is 9.73. The molecule has 0 aliphatic carbocycles. The number of rotatable bonds is 19. The van der Waals surface area contributed by atoms with Crippen molar-refractivity contribution in [2.24, 2.45) is 0 Å². The highest BCUT2D eigenvalue weighted by Gasteiger charge is 2.35. The number of hydrogen-bond acceptors (Lipinski definition) is 0. The molecule has 1 aromatic carbocycles. The van der Waals surface area contributed by atoms with Gasteiger partial charge in [-0.25, -0.2) is 0 Å². The van der Waals surface area contributed by atoms with Gasteiger partial charge in [0.1, 0.15) is 0 Å². The first kappa shape index (κ1) is 25.7. The van der Waals surface area contributed by atoms with Crippen LogP contribution in [0, 0.1) is 0 Å². The third-order valence-electron chi connectivity index (χ3n) is 6.32. The average Bonchev–Trinajstić information content (AvgIpc) is 2.72. The molecule has 0 aliphatic rings. The van der Waals surface area contributed by atoms with Crippen LogP contribution in [0.15, 0.2) is 30.3 Å². The van der Waals surface area contributed by atoms with E-state index in [1.165, 1.54) is 108 Å². The van der Waals surface area contributed by atoms with Crippen LogP contribution in [-0.4, -0.2) is 18.5 Å². The highest BCUT2D eigenvalue weighted by Crippen LogP contribution is 2.63. The minimum absolute atomic E-state index is 0.825. The summed E-state index contributed by atoms with van der Waals surface area (Å²) in [5.41, 5.74) is 1.61. The second-order valence-corrected chi connectivity index (χ2v) is 13.4. The van der Waals surface area contributed by atoms with Gasteiger partial charge in [0.05, 0.1) is 24.6 Å². The molecule has 0 aromatic heterocycles. The summed E-state index contributed by atoms with van der Waals surface area (Å²) in [7, 11) is -0.825. The van der Waals surface area contributed by atoms with Gasteiger partial charge in [0, 0.05) is 7.26 Å². The fourth-order valence-electron chi connectivity index (χ4n) is 4.46. The van der Waals surface area contributed by atoms with E-state index in [0.717, 1.165) is 0 Å². The molecule has 0 spiro atoms. The molecule has 162 valence electrons. The zero-order valence-corrected chi connectivity index (χ0v) is 20.5. The molecule has 0 fully saturated rings. The van der Waals surface area contributed by atoms with E-state index in [9.17, 15) is 0 Å². The smallest absolute Gasteiger partial charge is 0.0654 e. The Hall–Kier alpha value is -0.350. The Kier molecular flexibility index (Phi) is 16.1. The van der Waals surface area contributed by atoms with Crippen molar-refractivity contribution in [3.05, 3.63) is 35.9 Å². The van der Waals surface area contributed by atoms with E-state index in [2.05, 4.69) is 51.1 Å². The lowest BCUT2D eigenvalue weighted by molar-refractivity contribution is 0.562. The van der Waals surface area contributed by atoms with Gasteiger partial charge >= 0.3 is 0 Å². The van der Waals surface area contributed by atoms with E-state index in [1.54, 1.807) is 11.7 Å². The van der Waals surface area contributed by atoms with Crippen molar-refractivity contribution in [2.45, 2.75) is 117 Å². The van der Waals surface area contributed by atoms with Gasteiger partial charge in [-0.05, 0) is 31.2 Å². The molecule has 0 nitrogen and oxygen atoms in total. The second kappa shape index (κ2) is 17.5. The monoisotopic (exact) mass is 405 g/mol. The van der Waals surface area contributed by atoms with Crippen LogP contribution < -0.4 is 0 Å². The summed E-state index contributed by atoms with van der Waals surface area (Å²) in [6.45, 7) is 7.05. The van der Waals surface area contributed by atoms with Gasteiger partial charge in [-0.2, -0.15) is 0 Å². The molecular weight excluding hydrogens is 355 g/mol. The number of benzene rings is 1. The molecule has 0 aliphatic heterocycles. The summed E-state index contributed by atoms with van der Waals surface area (Å²) in [5.74, 6) is 0. The third kappa shape index (κ3) is 12.3. The van der Waals surface area contributed by atoms with Gasteiger partial charge in [0.25, 0.3) is 0 Å². The van der Waals surface area contributed by atoms with E-state index >= 15 is 0 Å². The lowest BCUT2D eigenvalue weighted by Gasteiger charge is -2.28. The fraction of sp³-hybridized carbons (Fsp3) is 0.778. The molecule has 0 amide bonds. The second-order valence-electron chi connectivity index (χ2n) is 9.05. The number of hydrogen-bond donors (Lipinski definition) is 0. The highest BCUT2D eigenvalue weighted by atomic mass is 31.2. The average molecular weight is 406 g/mol. The van der Waals surface area contributed by atoms with Crippen molar-refractivity contribution in [3.63, 3.8) is 0 Å². The Morgan fingerprint density at radius 2 is 0.929 bits per heavy atom. The molecule has 1 rings (SSSR count). The maximum atomic E-state index is 2.38. The largest absolute Gasteiger partial charge is 0.0842 e. The fourth-order valence-corrected chi connectivity index (χ4v) is 9.46. The van der Waals surface area contributed by atoms with Crippen molar-refractivity contribution in [1.82, 2.24) is 0 Å². The zero-order valence-electron chi connectivity index (χ0n) is 19.6. The Morgan fingerprint density at radius 3 is 1.43 bits per heavy atom. The van der Waals surface area contributed by atoms with E-state index in [0.29, 0.717) is 0 Å². The molecule has 0 saturated heterocycles. The maximum absolute atomic E-state index is 2.38. The van der Waals surface area contributed by atoms with E-state index in [4.69, 9.17) is 0 Å². The van der Waals surface area contributed by atoms with Crippen molar-refractivity contribution in [1.29, 1.82) is 0 Å². The summed E-state index contributed by atoms with van der Waals surface area (Å²) >= 11 is 0. The van der Waals surface area contributed by atoms with Gasteiger partial charge in [-0.15, -0.1) is 0 Å². The molecule has 0 radical (unpaired) electrons. The van der Waals surface area contributed by atoms with Crippen molar-refractivity contribution in [3.8, 4) is 0 Å². The van der Waals surface area contributed by atoms with E-state index < -0.39 is 7.26 Å². The van der Waals surface area contributed by atoms with Gasteiger partial charge in [0.15, 0.2) is 0 Å². The molecule has 0 saturated carbocycles. The Labute approximate surface area is 178 Å². The Balaban J connectivity index is 2.43. The van der Waals surface area contributed by atoms with Crippen LogP contribution in [0.5, 0.6) is 0 Å². The molecule has 1 aromatic rings. The van der Waals surface area contributed by atoms with Gasteiger partial charge in [-0.3, -0.25) is 0 Å². The number of unbranched alkanes of at least 4 members (excludes halogenated alkanes) is 11. The lowest BCUT2D eigenvalue weighted by Crippen LogP contribution is -2.11. The van der Waals surface area contributed by atoms with Crippen molar-refractivity contribution in [2.75, 3.05) is 18.5 Å². The van der Waals surface area contributed by atoms with Crippen LogP contribution in [0.2, 0.25) is 0 Å². The SMILES string of the molecule is CCCCCCCCCCCC[P+](CCCC)(CCCC)Cc1ccccc1. The first-order valence-electron chi connectivity index (χ1n) is 12.7. The summed E-state index contributed by atoms with van der Waals surface area (Å²) < 4.78 is 0. The molecule has 0 atom stereocenters. The van der Waals surface area contributed by atoms with Gasteiger partial charge in [-0.1, -0.05) is 115 Å². The first-order valence-corrected chi connectivity index (χ1v) is 15.2. The van der Waals surface area contributed by atoms with Crippen molar-refractivity contribution < 1.29 is 0 Å². The molecule has 28 heavy (non-hydrogen) atoms. The van der Waals surface area contributed by atoms with Crippen LogP contribution in [0.1, 0.15) is 116 Å². The molecule has 0 bridgehead atoms. The standard InChI is InChI=1S/C27H50P/c1-4-7-10-11-12-13-14-15-16-20-25-28(23-8-5-2,24-9-6-3)26-27-21-18-17-19-22-27/h17-19,21-22H,4-16,20,23-26H2,1-3H3/q+1. The van der Waals surface area contributed by atoms with E-state index in [-0.39, 0.29) is 0 Å². The normalized spacial score (nSPS) is 11.8. The lowest BCUT2D eigenvalue weighted by atomic mass is 10.1. The highest BCUT2D eigenvalue weighted by molar-refractivity contribution is 7.75. The molecule has 0 N–H and O–H groups in total. The van der Waals surface area contributed by atoms with Crippen LogP contribution in [0.25, 0.3) is 0 Å². The Bertz CT molecular complexity index is 431. The van der Waals surface area contributed by atoms with E-state index in [1.807, 2.05) is 0 Å². The summed E-state index contributed by atoms with van der Waals surface area (Å²) in [6.07, 6.45) is 26.2. The molecule has 0 heterocycles. The minimum atomic E-state index is -0.825. The Morgan fingerprint density at radius 1 is 0.500 bits per heavy atom. The quantitative estimate of drug-likeness (QED) is 0.159. The molecular formula is C27H50P+. The molecule has 0 unspecified atom stereocenters. The van der Waals surface area contributed by atoms with Crippen LogP contribution >= 0.6 is 7.26 Å². The van der Waals surface area contributed by atoms with Crippen LogP contribution in [-0.2, 0) is 6.16 Å². The predicted molar refractivity (Wildman–Crippen MR) is 133 cm³/mol. The van der Waals surface area contributed by atoms with Crippen LogP contribution in [0.3, 0.4) is 0 Å². The van der Waals surface area contributed by atoms with Crippen LogP contribution in [0.4, 0.5) is 0 Å². The summed E-state index contributed by atoms with van der Waals surface area (Å²) in [4.78, 5) is 0.